The topological polar surface area (TPSA) is 210 Å². The molecule has 7 N–H and O–H groups in total. The maximum Gasteiger partial charge on any atom is 0.490 e. The number of carboxylic acids is 2. The Kier molecular flexibility index (Phi) is 16.3. The molecule has 0 aromatic carbocycles. The fourth-order valence-corrected chi connectivity index (χ4v) is 3.04. The highest BCUT2D eigenvalue weighted by molar-refractivity contribution is 5.97. The third kappa shape index (κ3) is 15.2. The summed E-state index contributed by atoms with van der Waals surface area (Å²) >= 11 is 0. The minimum Gasteiger partial charge on any atom is -0.478 e. The number of pyridine rings is 1. The summed E-state index contributed by atoms with van der Waals surface area (Å²) in [6.45, 7) is 5.87. The number of anilines is 1. The van der Waals surface area contributed by atoms with E-state index >= 15 is 0 Å². The Balaban J connectivity index is 0.00000201. The predicted octanol–water partition coefficient (Wildman–Crippen LogP) is 1.23. The number of hydrogen-bond donors (Lipinski definition) is 6. The lowest BCUT2D eigenvalue weighted by Crippen LogP contribution is -2.49. The van der Waals surface area contributed by atoms with E-state index in [9.17, 15) is 37.1 Å². The van der Waals surface area contributed by atoms with Crippen molar-refractivity contribution < 1.29 is 47.4 Å². The molecule has 41 heavy (non-hydrogen) atoms. The first-order valence-corrected chi connectivity index (χ1v) is 12.6. The van der Waals surface area contributed by atoms with Gasteiger partial charge in [-0.05, 0) is 37.8 Å². The first-order valence-electron chi connectivity index (χ1n) is 12.6. The number of nitrogens with two attached hydrogens (primary N) is 1. The second-order valence-electron chi connectivity index (χ2n) is 8.80. The summed E-state index contributed by atoms with van der Waals surface area (Å²) in [6.07, 6.45) is 0.812. The molecule has 0 aliphatic heterocycles. The number of alkyl halides is 3. The molecular weight excluding hydrogens is 555 g/mol. The fourth-order valence-electron chi connectivity index (χ4n) is 3.04. The lowest BCUT2D eigenvalue weighted by molar-refractivity contribution is -0.192. The van der Waals surface area contributed by atoms with Crippen molar-refractivity contribution in [1.82, 2.24) is 15.2 Å². The summed E-state index contributed by atoms with van der Waals surface area (Å²) in [5.74, 6) is -5.07. The molecule has 0 saturated heterocycles. The molecule has 0 radical (unpaired) electrons. The number of aliphatic carboxylic acids is 2. The van der Waals surface area contributed by atoms with Gasteiger partial charge in [-0.1, -0.05) is 32.8 Å². The lowest BCUT2D eigenvalue weighted by atomic mass is 10.0. The van der Waals surface area contributed by atoms with Gasteiger partial charge in [-0.25, -0.2) is 9.59 Å². The summed E-state index contributed by atoms with van der Waals surface area (Å²) in [7, 11) is 0. The molecule has 1 aromatic rings. The van der Waals surface area contributed by atoms with Crippen molar-refractivity contribution in [2.75, 3.05) is 11.9 Å². The molecule has 13 nitrogen and oxygen atoms in total. The van der Waals surface area contributed by atoms with E-state index in [1.165, 1.54) is 35.9 Å². The van der Waals surface area contributed by atoms with Crippen LogP contribution in [0.5, 0.6) is 0 Å². The summed E-state index contributed by atoms with van der Waals surface area (Å²) < 4.78 is 32.9. The molecular formula is C25H36F3N5O8. The summed E-state index contributed by atoms with van der Waals surface area (Å²) in [6, 6.07) is 1.01. The molecule has 16 heteroatoms. The molecule has 0 aliphatic rings. The SMILES string of the molecule is CCC(CC)CNC(=O)Cn1cccc(NC(=O)C(CCC=CC(=O)O)NC(=O)C(C)N)c1=O.O=C(O)C(F)(F)F. The highest BCUT2D eigenvalue weighted by Gasteiger charge is 2.38. The lowest BCUT2D eigenvalue weighted by Gasteiger charge is -2.19. The molecule has 3 amide bonds. The van der Waals surface area contributed by atoms with Crippen LogP contribution in [0, 0.1) is 5.92 Å². The zero-order chi connectivity index (χ0) is 31.8. The van der Waals surface area contributed by atoms with Crippen LogP contribution in [0.1, 0.15) is 46.5 Å². The Morgan fingerprint density at radius 2 is 1.68 bits per heavy atom. The molecule has 2 atom stereocenters. The zero-order valence-electron chi connectivity index (χ0n) is 22.9. The quantitative estimate of drug-likeness (QED) is 0.172. The third-order valence-corrected chi connectivity index (χ3v) is 5.51. The smallest absolute Gasteiger partial charge is 0.478 e. The number of nitrogens with zero attached hydrogens (tertiary/aromatic N) is 1. The first kappa shape index (κ1) is 36.8. The van der Waals surface area contributed by atoms with Crippen molar-refractivity contribution in [3.63, 3.8) is 0 Å². The summed E-state index contributed by atoms with van der Waals surface area (Å²) in [4.78, 5) is 69.3. The number of rotatable bonds is 14. The average molecular weight is 592 g/mol. The number of carbonyl (C=O) groups is 5. The molecule has 0 fully saturated rings. The van der Waals surface area contributed by atoms with E-state index in [0.29, 0.717) is 12.5 Å². The number of halogens is 3. The van der Waals surface area contributed by atoms with Crippen LogP contribution in [0.4, 0.5) is 18.9 Å². The van der Waals surface area contributed by atoms with E-state index in [1.807, 2.05) is 13.8 Å². The molecule has 0 saturated carbocycles. The van der Waals surface area contributed by atoms with Gasteiger partial charge in [0, 0.05) is 18.8 Å². The fraction of sp³-hybridized carbons (Fsp3) is 0.520. The number of nitrogens with one attached hydrogen (secondary N) is 3. The highest BCUT2D eigenvalue weighted by atomic mass is 19.4. The van der Waals surface area contributed by atoms with Crippen molar-refractivity contribution >= 4 is 35.3 Å². The van der Waals surface area contributed by atoms with E-state index in [-0.39, 0.29) is 31.0 Å². The molecule has 0 spiro atoms. The van der Waals surface area contributed by atoms with Crippen LogP contribution >= 0.6 is 0 Å². The maximum absolute atomic E-state index is 12.8. The van der Waals surface area contributed by atoms with Gasteiger partial charge >= 0.3 is 18.1 Å². The summed E-state index contributed by atoms with van der Waals surface area (Å²) in [5.41, 5.74) is 4.93. The van der Waals surface area contributed by atoms with Crippen molar-refractivity contribution in [3.8, 4) is 0 Å². The van der Waals surface area contributed by atoms with E-state index < -0.39 is 47.6 Å². The van der Waals surface area contributed by atoms with E-state index in [0.717, 1.165) is 18.9 Å². The van der Waals surface area contributed by atoms with Crippen LogP contribution in [0.2, 0.25) is 0 Å². The van der Waals surface area contributed by atoms with Crippen molar-refractivity contribution in [3.05, 3.63) is 40.8 Å². The Morgan fingerprint density at radius 3 is 2.17 bits per heavy atom. The normalized spacial score (nSPS) is 12.6. The van der Waals surface area contributed by atoms with Crippen LogP contribution in [0.25, 0.3) is 0 Å². The Hall–Kier alpha value is -4.21. The Morgan fingerprint density at radius 1 is 1.10 bits per heavy atom. The molecule has 2 unspecified atom stereocenters. The zero-order valence-corrected chi connectivity index (χ0v) is 22.9. The maximum atomic E-state index is 12.8. The van der Waals surface area contributed by atoms with Gasteiger partial charge in [0.15, 0.2) is 0 Å². The van der Waals surface area contributed by atoms with Gasteiger partial charge in [0.05, 0.1) is 6.04 Å². The van der Waals surface area contributed by atoms with E-state index in [2.05, 4.69) is 16.0 Å². The van der Waals surface area contributed by atoms with Crippen LogP contribution < -0.4 is 27.2 Å². The van der Waals surface area contributed by atoms with Crippen LogP contribution in [0.3, 0.4) is 0 Å². The average Bonchev–Trinajstić information content (AvgIpc) is 2.88. The second kappa shape index (κ2) is 18.2. The van der Waals surface area contributed by atoms with Gasteiger partial charge in [0.2, 0.25) is 17.7 Å². The van der Waals surface area contributed by atoms with Gasteiger partial charge in [0.25, 0.3) is 5.56 Å². The van der Waals surface area contributed by atoms with Gasteiger partial charge in [-0.2, -0.15) is 13.2 Å². The molecule has 1 heterocycles. The number of aromatic nitrogens is 1. The monoisotopic (exact) mass is 591 g/mol. The third-order valence-electron chi connectivity index (χ3n) is 5.51. The second-order valence-corrected chi connectivity index (χ2v) is 8.80. The molecule has 1 rings (SSSR count). The largest absolute Gasteiger partial charge is 0.490 e. The molecule has 1 aromatic heterocycles. The van der Waals surface area contributed by atoms with E-state index in [1.54, 1.807) is 0 Å². The van der Waals surface area contributed by atoms with Crippen LogP contribution in [0.15, 0.2) is 35.3 Å². The predicted molar refractivity (Wildman–Crippen MR) is 142 cm³/mol. The van der Waals surface area contributed by atoms with Crippen LogP contribution in [-0.4, -0.2) is 69.2 Å². The van der Waals surface area contributed by atoms with Gasteiger partial charge in [-0.3, -0.25) is 19.2 Å². The van der Waals surface area contributed by atoms with E-state index in [4.69, 9.17) is 20.7 Å². The number of allylic oxidation sites excluding steroid dienone is 1. The molecule has 230 valence electrons. The molecule has 0 bridgehead atoms. The number of hydrogen-bond acceptors (Lipinski definition) is 7. The molecule has 0 aliphatic carbocycles. The minimum absolute atomic E-state index is 0.0542. The number of carbonyl (C=O) groups excluding carboxylic acids is 3. The van der Waals surface area contributed by atoms with Crippen molar-refractivity contribution in [1.29, 1.82) is 0 Å². The number of carboxylic acid groups (broad SMARTS) is 2. The number of amides is 3. The van der Waals surface area contributed by atoms with Crippen LogP contribution in [-0.2, 0) is 30.5 Å². The van der Waals surface area contributed by atoms with Gasteiger partial charge < -0.3 is 36.5 Å². The Bertz CT molecular complexity index is 1130. The first-order chi connectivity index (χ1) is 19.0. The minimum atomic E-state index is -5.08. The Labute approximate surface area is 234 Å². The van der Waals surface area contributed by atoms with Crippen molar-refractivity contribution in [2.24, 2.45) is 11.7 Å². The standard InChI is InChI=1S/C23H35N5O6.C2HF3O2/c1-4-16(5-2)13-25-19(29)14-28-12-8-10-18(23(28)34)27-22(33)17(26-21(32)15(3)24)9-6-7-11-20(30)31;3-2(4,5)1(6)7/h7-8,10-12,15-17H,4-6,9,13-14,24H2,1-3H3,(H,25,29)(H,26,32)(H,27,33)(H,30,31);(H,6,7). The van der Waals surface area contributed by atoms with Gasteiger partial charge in [0.1, 0.15) is 18.3 Å². The summed E-state index contributed by atoms with van der Waals surface area (Å²) in [5, 5.41) is 23.6. The highest BCUT2D eigenvalue weighted by Crippen LogP contribution is 2.13. The van der Waals surface area contributed by atoms with Gasteiger partial charge in [-0.15, -0.1) is 0 Å². The van der Waals surface area contributed by atoms with Crippen molar-refractivity contribution in [2.45, 2.75) is 71.3 Å².